The van der Waals surface area contributed by atoms with Gasteiger partial charge in [0.15, 0.2) is 5.76 Å². The van der Waals surface area contributed by atoms with Gasteiger partial charge in [-0.15, -0.1) is 0 Å². The number of hydrogen-bond acceptors (Lipinski definition) is 8. The zero-order valence-corrected chi connectivity index (χ0v) is 24.6. The molecule has 228 valence electrons. The molecule has 2 atom stereocenters. The Kier molecular flexibility index (Phi) is 14.0. The monoisotopic (exact) mass is 596 g/mol. The van der Waals surface area contributed by atoms with Crippen molar-refractivity contribution in [2.45, 2.75) is 65.5 Å². The van der Waals surface area contributed by atoms with E-state index in [9.17, 15) is 24.2 Å². The van der Waals surface area contributed by atoms with Crippen LogP contribution in [0.4, 0.5) is 0 Å². The minimum Gasteiger partial charge on any atom is -0.494 e. The highest BCUT2D eigenvalue weighted by Crippen LogP contribution is 2.33. The summed E-state index contributed by atoms with van der Waals surface area (Å²) < 4.78 is 22.5. The molecule has 0 aliphatic carbocycles. The van der Waals surface area contributed by atoms with Gasteiger partial charge in [0.05, 0.1) is 31.5 Å². The van der Waals surface area contributed by atoms with Crippen LogP contribution in [0.1, 0.15) is 69.0 Å². The van der Waals surface area contributed by atoms with Crippen LogP contribution in [0.25, 0.3) is 11.3 Å². The van der Waals surface area contributed by atoms with Gasteiger partial charge in [0, 0.05) is 12.1 Å². The largest absolute Gasteiger partial charge is 0.494 e. The fourth-order valence-corrected chi connectivity index (χ4v) is 4.80. The van der Waals surface area contributed by atoms with Crippen LogP contribution < -0.4 is 20.7 Å². The summed E-state index contributed by atoms with van der Waals surface area (Å²) in [4.78, 5) is 54.9. The summed E-state index contributed by atoms with van der Waals surface area (Å²) in [5.41, 5.74) is 1.29. The molecule has 6 N–H and O–H groups in total. The third-order valence-corrected chi connectivity index (χ3v) is 6.97. The predicted octanol–water partition coefficient (Wildman–Crippen LogP) is 3.20. The van der Waals surface area contributed by atoms with E-state index >= 15 is 0 Å². The number of furan rings is 1. The summed E-state index contributed by atoms with van der Waals surface area (Å²) in [7, 11) is -4.20. The zero-order chi connectivity index (χ0) is 30.4. The average molecular weight is 597 g/mol. The molecule has 3 amide bonds. The van der Waals surface area contributed by atoms with Crippen molar-refractivity contribution in [1.82, 2.24) is 21.0 Å². The van der Waals surface area contributed by atoms with Crippen LogP contribution in [0, 0.1) is 5.92 Å². The molecular weight excluding hydrogens is 555 g/mol. The van der Waals surface area contributed by atoms with Gasteiger partial charge < -0.3 is 34.9 Å². The van der Waals surface area contributed by atoms with Crippen LogP contribution in [0.3, 0.4) is 0 Å². The number of nitrogens with zero attached hydrogens (tertiary/aromatic N) is 1. The van der Waals surface area contributed by atoms with Crippen LogP contribution in [0.2, 0.25) is 0 Å². The number of ether oxygens (including phenoxy) is 1. The van der Waals surface area contributed by atoms with Crippen molar-refractivity contribution in [2.24, 2.45) is 5.92 Å². The third-order valence-electron chi connectivity index (χ3n) is 6.34. The first-order valence-electron chi connectivity index (χ1n) is 13.6. The SMILES string of the molecule is CCCCCC(C(=O)NCNC(=O)c1ccc(-c2cc(CNCP(=O)(O)O)cc(OCC)c2)o1)C(CC)N(O)C=O. The normalized spacial score (nSPS) is 12.8. The van der Waals surface area contributed by atoms with Gasteiger partial charge in [-0.05, 0) is 55.7 Å². The summed E-state index contributed by atoms with van der Waals surface area (Å²) >= 11 is 0. The van der Waals surface area contributed by atoms with Gasteiger partial charge in [0.1, 0.15) is 11.5 Å². The number of carbonyl (C=O) groups is 3. The maximum atomic E-state index is 12.9. The van der Waals surface area contributed by atoms with Crippen LogP contribution in [0.5, 0.6) is 5.75 Å². The molecule has 0 saturated heterocycles. The van der Waals surface area contributed by atoms with Gasteiger partial charge in [0.2, 0.25) is 12.3 Å². The Morgan fingerprint density at radius 2 is 1.88 bits per heavy atom. The molecule has 2 unspecified atom stereocenters. The van der Waals surface area contributed by atoms with Crippen molar-refractivity contribution in [3.63, 3.8) is 0 Å². The third kappa shape index (κ3) is 11.3. The van der Waals surface area contributed by atoms with Crippen LogP contribution >= 0.6 is 7.60 Å². The van der Waals surface area contributed by atoms with Crippen molar-refractivity contribution < 1.29 is 43.1 Å². The molecule has 0 bridgehead atoms. The first kappa shape index (κ1) is 34.0. The molecule has 0 fully saturated rings. The Hall–Kier alpha value is -3.22. The van der Waals surface area contributed by atoms with E-state index < -0.39 is 31.7 Å². The fraction of sp³-hybridized carbons (Fsp3) is 0.519. The Morgan fingerprint density at radius 1 is 1.12 bits per heavy atom. The maximum absolute atomic E-state index is 12.9. The summed E-state index contributed by atoms with van der Waals surface area (Å²) in [5.74, 6) is -0.689. The number of nitrogens with one attached hydrogen (secondary N) is 3. The number of rotatable bonds is 19. The standard InChI is InChI=1S/C27H41N4O9P/c1-4-7-8-9-22(23(5-2)31(35)18-32)26(33)29-16-30-27(34)25-11-10-24(40-25)20-12-19(13-21(14-20)39-6-3)15-28-17-41(36,37)38/h10-14,18,22-23,28,35H,4-9,15-17H2,1-3H3,(H,29,33)(H,30,34)(H2,36,37,38). The second kappa shape index (κ2) is 16.9. The summed E-state index contributed by atoms with van der Waals surface area (Å²) in [6, 6.07) is 7.63. The van der Waals surface area contributed by atoms with E-state index in [1.165, 1.54) is 6.07 Å². The molecule has 1 aromatic heterocycles. The van der Waals surface area contributed by atoms with Crippen molar-refractivity contribution >= 4 is 25.8 Å². The summed E-state index contributed by atoms with van der Waals surface area (Å²) in [6.45, 7) is 6.03. The van der Waals surface area contributed by atoms with E-state index in [1.54, 1.807) is 31.2 Å². The van der Waals surface area contributed by atoms with Gasteiger partial charge >= 0.3 is 7.60 Å². The minimum absolute atomic E-state index is 0.00524. The number of amides is 3. The number of hydrogen-bond donors (Lipinski definition) is 6. The topological polar surface area (TPSA) is 191 Å². The molecule has 1 aromatic carbocycles. The number of carbonyl (C=O) groups excluding carboxylic acids is 3. The van der Waals surface area contributed by atoms with E-state index in [4.69, 9.17) is 18.9 Å². The number of benzene rings is 1. The highest BCUT2D eigenvalue weighted by molar-refractivity contribution is 7.51. The molecular formula is C27H41N4O9P. The molecule has 14 heteroatoms. The van der Waals surface area contributed by atoms with Gasteiger partial charge in [0.25, 0.3) is 5.91 Å². The van der Waals surface area contributed by atoms with Crippen LogP contribution in [-0.2, 0) is 20.7 Å². The molecule has 13 nitrogen and oxygen atoms in total. The van der Waals surface area contributed by atoms with Gasteiger partial charge in [-0.3, -0.25) is 24.2 Å². The molecule has 2 rings (SSSR count). The Balaban J connectivity index is 2.06. The summed E-state index contributed by atoms with van der Waals surface area (Å²) in [6.07, 6.45) is 3.29. The zero-order valence-electron chi connectivity index (χ0n) is 23.7. The second-order valence-electron chi connectivity index (χ2n) is 9.50. The van der Waals surface area contributed by atoms with E-state index in [-0.39, 0.29) is 31.3 Å². The number of unbranched alkanes of at least 4 members (excludes halogenated alkanes) is 2. The lowest BCUT2D eigenvalue weighted by Crippen LogP contribution is -2.47. The van der Waals surface area contributed by atoms with Crippen LogP contribution in [0.15, 0.2) is 34.7 Å². The molecule has 0 aliphatic rings. The van der Waals surface area contributed by atoms with Gasteiger partial charge in [-0.1, -0.05) is 33.1 Å². The highest BCUT2D eigenvalue weighted by Gasteiger charge is 2.30. The van der Waals surface area contributed by atoms with Gasteiger partial charge in [-0.2, -0.15) is 0 Å². The first-order chi connectivity index (χ1) is 19.5. The van der Waals surface area contributed by atoms with E-state index in [0.29, 0.717) is 47.1 Å². The minimum atomic E-state index is -4.20. The fourth-order valence-electron chi connectivity index (χ4n) is 4.39. The van der Waals surface area contributed by atoms with Crippen LogP contribution in [-0.4, -0.2) is 63.9 Å². The summed E-state index contributed by atoms with van der Waals surface area (Å²) in [5, 5.41) is 18.4. The molecule has 41 heavy (non-hydrogen) atoms. The second-order valence-corrected chi connectivity index (χ2v) is 11.1. The first-order valence-corrected chi connectivity index (χ1v) is 15.4. The molecule has 0 radical (unpaired) electrons. The van der Waals surface area contributed by atoms with Crippen molar-refractivity contribution in [2.75, 3.05) is 19.6 Å². The van der Waals surface area contributed by atoms with Crippen molar-refractivity contribution in [3.8, 4) is 17.1 Å². The lowest BCUT2D eigenvalue weighted by atomic mass is 9.90. The molecule has 1 heterocycles. The maximum Gasteiger partial charge on any atom is 0.339 e. The Bertz CT molecular complexity index is 1180. The molecule has 2 aromatic rings. The smallest absolute Gasteiger partial charge is 0.339 e. The van der Waals surface area contributed by atoms with E-state index in [1.807, 2.05) is 13.8 Å². The Morgan fingerprint density at radius 3 is 2.51 bits per heavy atom. The average Bonchev–Trinajstić information content (AvgIpc) is 3.42. The highest BCUT2D eigenvalue weighted by atomic mass is 31.2. The van der Waals surface area contributed by atoms with Crippen molar-refractivity contribution in [3.05, 3.63) is 41.7 Å². The molecule has 0 saturated carbocycles. The van der Waals surface area contributed by atoms with E-state index in [2.05, 4.69) is 16.0 Å². The quantitative estimate of drug-likeness (QED) is 0.0351. The predicted molar refractivity (Wildman–Crippen MR) is 151 cm³/mol. The molecule has 0 spiro atoms. The number of hydroxylamine groups is 2. The van der Waals surface area contributed by atoms with E-state index in [0.717, 1.165) is 19.3 Å². The molecule has 0 aliphatic heterocycles. The van der Waals surface area contributed by atoms with Crippen molar-refractivity contribution in [1.29, 1.82) is 0 Å². The Labute approximate surface area is 239 Å². The van der Waals surface area contributed by atoms with Gasteiger partial charge in [-0.25, -0.2) is 5.06 Å². The lowest BCUT2D eigenvalue weighted by molar-refractivity contribution is -0.168. The lowest BCUT2D eigenvalue weighted by Gasteiger charge is -2.29.